The SMILES string of the molecule is C=CCn1c(SCC(=O)NCc2ccc(C)cc2)nc2ccccc2c1=O. The number of aryl methyl sites for hydroxylation is 1. The summed E-state index contributed by atoms with van der Waals surface area (Å²) < 4.78 is 1.55. The van der Waals surface area contributed by atoms with Crippen molar-refractivity contribution in [1.82, 2.24) is 14.9 Å². The van der Waals surface area contributed by atoms with Gasteiger partial charge in [0.2, 0.25) is 5.91 Å². The number of fused-ring (bicyclic) bond motifs is 1. The van der Waals surface area contributed by atoms with Gasteiger partial charge >= 0.3 is 0 Å². The van der Waals surface area contributed by atoms with Crippen LogP contribution in [0.5, 0.6) is 0 Å². The van der Waals surface area contributed by atoms with E-state index in [1.165, 1.54) is 17.3 Å². The number of carbonyl (C=O) groups excluding carboxylic acids is 1. The number of nitrogens with zero attached hydrogens (tertiary/aromatic N) is 2. The maximum absolute atomic E-state index is 12.7. The molecule has 1 N–H and O–H groups in total. The largest absolute Gasteiger partial charge is 0.351 e. The molecule has 2 aromatic carbocycles. The highest BCUT2D eigenvalue weighted by molar-refractivity contribution is 7.99. The number of hydrogen-bond donors (Lipinski definition) is 1. The summed E-state index contributed by atoms with van der Waals surface area (Å²) in [5, 5.41) is 3.98. The second-order valence-corrected chi connectivity index (χ2v) is 7.11. The fourth-order valence-electron chi connectivity index (χ4n) is 2.64. The number of thioether (sulfide) groups is 1. The van der Waals surface area contributed by atoms with Crippen molar-refractivity contribution in [3.63, 3.8) is 0 Å². The second kappa shape index (κ2) is 8.68. The van der Waals surface area contributed by atoms with Crippen molar-refractivity contribution in [2.45, 2.75) is 25.2 Å². The zero-order valence-corrected chi connectivity index (χ0v) is 16.0. The molecule has 3 rings (SSSR count). The maximum Gasteiger partial charge on any atom is 0.262 e. The van der Waals surface area contributed by atoms with E-state index < -0.39 is 0 Å². The number of aromatic nitrogens is 2. The first kappa shape index (κ1) is 18.9. The Balaban J connectivity index is 1.71. The molecule has 0 aliphatic heterocycles. The molecule has 0 aliphatic carbocycles. The van der Waals surface area contributed by atoms with E-state index in [4.69, 9.17) is 0 Å². The lowest BCUT2D eigenvalue weighted by molar-refractivity contribution is -0.118. The van der Waals surface area contributed by atoms with Crippen LogP contribution in [0.3, 0.4) is 0 Å². The lowest BCUT2D eigenvalue weighted by atomic mass is 10.1. The summed E-state index contributed by atoms with van der Waals surface area (Å²) in [6.07, 6.45) is 1.65. The van der Waals surface area contributed by atoms with Gasteiger partial charge in [-0.1, -0.05) is 59.8 Å². The van der Waals surface area contributed by atoms with Gasteiger partial charge in [-0.3, -0.25) is 14.2 Å². The molecule has 0 saturated carbocycles. The molecular weight excluding hydrogens is 358 g/mol. The minimum absolute atomic E-state index is 0.104. The first-order valence-electron chi connectivity index (χ1n) is 8.64. The van der Waals surface area contributed by atoms with Gasteiger partial charge in [0.05, 0.1) is 16.7 Å². The number of nitrogens with one attached hydrogen (secondary N) is 1. The Morgan fingerprint density at radius 3 is 2.70 bits per heavy atom. The van der Waals surface area contributed by atoms with Crippen LogP contribution < -0.4 is 10.9 Å². The van der Waals surface area contributed by atoms with Crippen LogP contribution >= 0.6 is 11.8 Å². The van der Waals surface area contributed by atoms with Crippen LogP contribution in [-0.4, -0.2) is 21.2 Å². The number of benzene rings is 2. The molecule has 6 heteroatoms. The minimum Gasteiger partial charge on any atom is -0.351 e. The quantitative estimate of drug-likeness (QED) is 0.389. The first-order valence-corrected chi connectivity index (χ1v) is 9.62. The highest BCUT2D eigenvalue weighted by Crippen LogP contribution is 2.17. The Kier molecular flexibility index (Phi) is 6.08. The molecule has 0 bridgehead atoms. The third-order valence-electron chi connectivity index (χ3n) is 4.08. The van der Waals surface area contributed by atoms with Crippen LogP contribution in [0, 0.1) is 6.92 Å². The van der Waals surface area contributed by atoms with Crippen molar-refractivity contribution in [2.75, 3.05) is 5.75 Å². The molecule has 0 spiro atoms. The predicted molar refractivity (Wildman–Crippen MR) is 110 cm³/mol. The zero-order valence-electron chi connectivity index (χ0n) is 15.1. The molecular formula is C21H21N3O2S. The maximum atomic E-state index is 12.7. The summed E-state index contributed by atoms with van der Waals surface area (Å²) >= 11 is 1.25. The number of amides is 1. The molecule has 0 fully saturated rings. The Labute approximate surface area is 162 Å². The van der Waals surface area contributed by atoms with Crippen LogP contribution in [0.1, 0.15) is 11.1 Å². The predicted octanol–water partition coefficient (Wildman–Crippen LogP) is 3.30. The van der Waals surface area contributed by atoms with Crippen LogP contribution in [0.4, 0.5) is 0 Å². The number of allylic oxidation sites excluding steroid dienone is 1. The van der Waals surface area contributed by atoms with Crippen molar-refractivity contribution in [3.8, 4) is 0 Å². The number of carbonyl (C=O) groups is 1. The van der Waals surface area contributed by atoms with Crippen LogP contribution in [-0.2, 0) is 17.9 Å². The van der Waals surface area contributed by atoms with E-state index in [0.717, 1.165) is 5.56 Å². The van der Waals surface area contributed by atoms with Crippen molar-refractivity contribution in [1.29, 1.82) is 0 Å². The topological polar surface area (TPSA) is 64.0 Å². The normalized spacial score (nSPS) is 10.7. The summed E-state index contributed by atoms with van der Waals surface area (Å²) in [7, 11) is 0. The van der Waals surface area contributed by atoms with E-state index in [1.807, 2.05) is 43.3 Å². The van der Waals surface area contributed by atoms with Crippen molar-refractivity contribution < 1.29 is 4.79 Å². The highest BCUT2D eigenvalue weighted by atomic mass is 32.2. The summed E-state index contributed by atoms with van der Waals surface area (Å²) in [4.78, 5) is 29.4. The van der Waals surface area contributed by atoms with Gasteiger partial charge in [-0.15, -0.1) is 6.58 Å². The second-order valence-electron chi connectivity index (χ2n) is 6.17. The van der Waals surface area contributed by atoms with Gasteiger partial charge in [-0.25, -0.2) is 4.98 Å². The summed E-state index contributed by atoms with van der Waals surface area (Å²) in [6, 6.07) is 15.2. The Bertz CT molecular complexity index is 1030. The van der Waals surface area contributed by atoms with Gasteiger partial charge < -0.3 is 5.32 Å². The fourth-order valence-corrected chi connectivity index (χ4v) is 3.47. The zero-order chi connectivity index (χ0) is 19.2. The molecule has 1 aromatic heterocycles. The highest BCUT2D eigenvalue weighted by Gasteiger charge is 2.12. The molecule has 5 nitrogen and oxygen atoms in total. The number of rotatable bonds is 7. The Hall–Kier alpha value is -2.86. The smallest absolute Gasteiger partial charge is 0.262 e. The Morgan fingerprint density at radius 2 is 1.96 bits per heavy atom. The standard InChI is InChI=1S/C21H21N3O2S/c1-3-12-24-20(26)17-6-4-5-7-18(17)23-21(24)27-14-19(25)22-13-16-10-8-15(2)9-11-16/h3-11H,1,12-14H2,2H3,(H,22,25). The molecule has 138 valence electrons. The first-order chi connectivity index (χ1) is 13.1. The van der Waals surface area contributed by atoms with Gasteiger partial charge in [-0.05, 0) is 24.6 Å². The Morgan fingerprint density at radius 1 is 1.22 bits per heavy atom. The van der Waals surface area contributed by atoms with Gasteiger partial charge in [0.25, 0.3) is 5.56 Å². The van der Waals surface area contributed by atoms with E-state index >= 15 is 0 Å². The molecule has 0 unspecified atom stereocenters. The van der Waals surface area contributed by atoms with E-state index in [1.54, 1.807) is 22.8 Å². The summed E-state index contributed by atoms with van der Waals surface area (Å²) in [5.41, 5.74) is 2.74. The summed E-state index contributed by atoms with van der Waals surface area (Å²) in [6.45, 7) is 6.56. The van der Waals surface area contributed by atoms with Crippen molar-refractivity contribution in [2.24, 2.45) is 0 Å². The van der Waals surface area contributed by atoms with Gasteiger partial charge in [0, 0.05) is 13.1 Å². The molecule has 0 atom stereocenters. The molecule has 0 saturated heterocycles. The molecule has 0 aliphatic rings. The molecule has 27 heavy (non-hydrogen) atoms. The molecule has 3 aromatic rings. The molecule has 1 heterocycles. The fraction of sp³-hybridized carbons (Fsp3) is 0.190. The van der Waals surface area contributed by atoms with Crippen molar-refractivity contribution >= 4 is 28.6 Å². The molecule has 0 radical (unpaired) electrons. The summed E-state index contributed by atoms with van der Waals surface area (Å²) in [5.74, 6) is 0.0847. The minimum atomic E-state index is -0.122. The average molecular weight is 379 g/mol. The monoisotopic (exact) mass is 379 g/mol. The van der Waals surface area contributed by atoms with Gasteiger partial charge in [0.1, 0.15) is 0 Å². The third kappa shape index (κ3) is 4.65. The van der Waals surface area contributed by atoms with Crippen molar-refractivity contribution in [3.05, 3.63) is 82.7 Å². The van der Waals surface area contributed by atoms with E-state index in [0.29, 0.717) is 29.1 Å². The van der Waals surface area contributed by atoms with E-state index in [-0.39, 0.29) is 17.2 Å². The number of para-hydroxylation sites is 1. The van der Waals surface area contributed by atoms with Gasteiger partial charge in [0.15, 0.2) is 5.16 Å². The lowest BCUT2D eigenvalue weighted by Gasteiger charge is -2.11. The van der Waals surface area contributed by atoms with Crippen LogP contribution in [0.15, 0.2) is 71.1 Å². The molecule has 1 amide bonds. The van der Waals surface area contributed by atoms with Crippen LogP contribution in [0.25, 0.3) is 10.9 Å². The average Bonchev–Trinajstić information content (AvgIpc) is 2.68. The van der Waals surface area contributed by atoms with E-state index in [2.05, 4.69) is 16.9 Å². The van der Waals surface area contributed by atoms with Crippen LogP contribution in [0.2, 0.25) is 0 Å². The van der Waals surface area contributed by atoms with Gasteiger partial charge in [-0.2, -0.15) is 0 Å². The number of hydrogen-bond acceptors (Lipinski definition) is 4. The lowest BCUT2D eigenvalue weighted by Crippen LogP contribution is -2.26. The third-order valence-corrected chi connectivity index (χ3v) is 5.06. The van der Waals surface area contributed by atoms with E-state index in [9.17, 15) is 9.59 Å².